The van der Waals surface area contributed by atoms with E-state index in [9.17, 15) is 9.90 Å². The standard InChI is InChI=1S/C18H24O2/c1-12-9-13(2)17(14(3)10-12)16(11-19)18(20)15-7-5-4-6-8-15/h9-11,15,19H,4-8H2,1-3H3/b16-11+. The molecule has 1 fully saturated rings. The van der Waals surface area contributed by atoms with Gasteiger partial charge in [0.25, 0.3) is 0 Å². The molecule has 2 heteroatoms. The Kier molecular flexibility index (Phi) is 4.64. The van der Waals surface area contributed by atoms with Crippen molar-refractivity contribution < 1.29 is 9.90 Å². The first-order valence-electron chi connectivity index (χ1n) is 7.51. The van der Waals surface area contributed by atoms with Crippen LogP contribution in [0.15, 0.2) is 18.4 Å². The van der Waals surface area contributed by atoms with Crippen molar-refractivity contribution in [3.8, 4) is 0 Å². The van der Waals surface area contributed by atoms with E-state index in [1.807, 2.05) is 13.8 Å². The summed E-state index contributed by atoms with van der Waals surface area (Å²) in [5, 5.41) is 9.62. The molecule has 108 valence electrons. The molecule has 1 N–H and O–H groups in total. The number of carbonyl (C=O) groups excluding carboxylic acids is 1. The number of benzene rings is 1. The Morgan fingerprint density at radius 2 is 1.65 bits per heavy atom. The van der Waals surface area contributed by atoms with Crippen molar-refractivity contribution in [2.75, 3.05) is 0 Å². The quantitative estimate of drug-likeness (QED) is 0.642. The highest BCUT2D eigenvalue weighted by Crippen LogP contribution is 2.32. The van der Waals surface area contributed by atoms with Crippen LogP contribution in [-0.4, -0.2) is 10.9 Å². The van der Waals surface area contributed by atoms with Gasteiger partial charge in [-0.2, -0.15) is 0 Å². The minimum Gasteiger partial charge on any atom is -0.515 e. The second-order valence-electron chi connectivity index (χ2n) is 6.02. The van der Waals surface area contributed by atoms with Gasteiger partial charge in [-0.25, -0.2) is 0 Å². The average molecular weight is 272 g/mol. The fraction of sp³-hybridized carbons (Fsp3) is 0.500. The summed E-state index contributed by atoms with van der Waals surface area (Å²) in [5.41, 5.74) is 4.71. The number of ketones is 1. The first kappa shape index (κ1) is 14.8. The maximum Gasteiger partial charge on any atom is 0.169 e. The van der Waals surface area contributed by atoms with E-state index in [-0.39, 0.29) is 11.7 Å². The summed E-state index contributed by atoms with van der Waals surface area (Å²) in [4.78, 5) is 12.7. The maximum absolute atomic E-state index is 12.7. The van der Waals surface area contributed by atoms with Crippen molar-refractivity contribution in [2.24, 2.45) is 5.92 Å². The van der Waals surface area contributed by atoms with Crippen LogP contribution in [0.25, 0.3) is 5.57 Å². The van der Waals surface area contributed by atoms with E-state index in [0.717, 1.165) is 48.6 Å². The Morgan fingerprint density at radius 3 is 2.15 bits per heavy atom. The number of rotatable bonds is 3. The molecule has 0 heterocycles. The van der Waals surface area contributed by atoms with Gasteiger partial charge in [-0.15, -0.1) is 0 Å². The van der Waals surface area contributed by atoms with Crippen molar-refractivity contribution in [3.05, 3.63) is 40.6 Å². The predicted octanol–water partition coefficient (Wildman–Crippen LogP) is 4.66. The van der Waals surface area contributed by atoms with Crippen molar-refractivity contribution >= 4 is 11.4 Å². The molecule has 2 rings (SSSR count). The summed E-state index contributed by atoms with van der Waals surface area (Å²) < 4.78 is 0. The van der Waals surface area contributed by atoms with E-state index in [1.54, 1.807) is 0 Å². The predicted molar refractivity (Wildman–Crippen MR) is 82.8 cm³/mol. The van der Waals surface area contributed by atoms with Crippen LogP contribution in [0.5, 0.6) is 0 Å². The molecule has 0 atom stereocenters. The molecule has 1 saturated carbocycles. The lowest BCUT2D eigenvalue weighted by Gasteiger charge is -2.22. The SMILES string of the molecule is Cc1cc(C)c(/C(=C\O)C(=O)C2CCCCC2)c(C)c1. The van der Waals surface area contributed by atoms with Crippen LogP contribution in [0, 0.1) is 26.7 Å². The molecule has 0 radical (unpaired) electrons. The van der Waals surface area contributed by atoms with Crippen LogP contribution < -0.4 is 0 Å². The average Bonchev–Trinajstić information content (AvgIpc) is 2.43. The highest BCUT2D eigenvalue weighted by molar-refractivity contribution is 6.22. The number of Topliss-reactive ketones (excluding diaryl/α,β-unsaturated/α-hetero) is 1. The molecule has 1 aromatic carbocycles. The van der Waals surface area contributed by atoms with Crippen LogP contribution in [0.4, 0.5) is 0 Å². The smallest absolute Gasteiger partial charge is 0.169 e. The molecule has 0 aliphatic heterocycles. The summed E-state index contributed by atoms with van der Waals surface area (Å²) in [6.07, 6.45) is 6.41. The third-order valence-corrected chi connectivity index (χ3v) is 4.32. The van der Waals surface area contributed by atoms with Gasteiger partial charge in [-0.1, -0.05) is 37.0 Å². The maximum atomic E-state index is 12.7. The molecule has 0 aromatic heterocycles. The highest BCUT2D eigenvalue weighted by atomic mass is 16.2. The number of hydrogen-bond donors (Lipinski definition) is 1. The molecule has 0 bridgehead atoms. The summed E-state index contributed by atoms with van der Waals surface area (Å²) in [6, 6.07) is 4.14. The monoisotopic (exact) mass is 272 g/mol. The molecule has 0 saturated heterocycles. The van der Waals surface area contributed by atoms with Gasteiger partial charge < -0.3 is 5.11 Å². The molecular formula is C18H24O2. The molecule has 20 heavy (non-hydrogen) atoms. The topological polar surface area (TPSA) is 37.3 Å². The molecule has 1 aliphatic carbocycles. The fourth-order valence-corrected chi connectivity index (χ4v) is 3.44. The van der Waals surface area contributed by atoms with Gasteiger partial charge in [0.1, 0.15) is 0 Å². The van der Waals surface area contributed by atoms with Gasteiger partial charge in [0.05, 0.1) is 11.8 Å². The lowest BCUT2D eigenvalue weighted by molar-refractivity contribution is -0.118. The molecule has 0 spiro atoms. The second-order valence-corrected chi connectivity index (χ2v) is 6.02. The molecular weight excluding hydrogens is 248 g/mol. The van der Waals surface area contributed by atoms with Crippen LogP contribution in [0.1, 0.15) is 54.4 Å². The largest absolute Gasteiger partial charge is 0.515 e. The van der Waals surface area contributed by atoms with Gasteiger partial charge in [-0.05, 0) is 50.3 Å². The van der Waals surface area contributed by atoms with Crippen LogP contribution in [0.3, 0.4) is 0 Å². The van der Waals surface area contributed by atoms with Gasteiger partial charge in [0, 0.05) is 5.92 Å². The molecule has 0 amide bonds. The van der Waals surface area contributed by atoms with Crippen molar-refractivity contribution in [3.63, 3.8) is 0 Å². The highest BCUT2D eigenvalue weighted by Gasteiger charge is 2.26. The zero-order valence-corrected chi connectivity index (χ0v) is 12.7. The third kappa shape index (κ3) is 2.95. The fourth-order valence-electron chi connectivity index (χ4n) is 3.44. The number of aliphatic hydroxyl groups is 1. The second kappa shape index (κ2) is 6.25. The third-order valence-electron chi connectivity index (χ3n) is 4.32. The summed E-state index contributed by atoms with van der Waals surface area (Å²) in [5.74, 6) is 0.199. The van der Waals surface area contributed by atoms with E-state index in [0.29, 0.717) is 5.57 Å². The van der Waals surface area contributed by atoms with Crippen LogP contribution >= 0.6 is 0 Å². The summed E-state index contributed by atoms with van der Waals surface area (Å²) in [6.45, 7) is 6.06. The zero-order valence-electron chi connectivity index (χ0n) is 12.7. The molecule has 2 nitrogen and oxygen atoms in total. The number of hydrogen-bond acceptors (Lipinski definition) is 2. The van der Waals surface area contributed by atoms with Crippen molar-refractivity contribution in [2.45, 2.75) is 52.9 Å². The van der Waals surface area contributed by atoms with E-state index >= 15 is 0 Å². The van der Waals surface area contributed by atoms with Crippen molar-refractivity contribution in [1.82, 2.24) is 0 Å². The molecule has 1 aromatic rings. The Labute approximate surface area is 121 Å². The Hall–Kier alpha value is -1.57. The van der Waals surface area contributed by atoms with Crippen molar-refractivity contribution in [1.29, 1.82) is 0 Å². The Morgan fingerprint density at radius 1 is 1.10 bits per heavy atom. The van der Waals surface area contributed by atoms with E-state index < -0.39 is 0 Å². The van der Waals surface area contributed by atoms with Gasteiger partial charge in [-0.3, -0.25) is 4.79 Å². The van der Waals surface area contributed by atoms with Gasteiger partial charge in [0.2, 0.25) is 0 Å². The van der Waals surface area contributed by atoms with E-state index in [1.165, 1.54) is 12.0 Å². The summed E-state index contributed by atoms with van der Waals surface area (Å²) >= 11 is 0. The first-order chi connectivity index (χ1) is 9.54. The van der Waals surface area contributed by atoms with Crippen LogP contribution in [-0.2, 0) is 4.79 Å². The number of aryl methyl sites for hydroxylation is 3. The minimum absolute atomic E-state index is 0.0854. The van der Waals surface area contributed by atoms with E-state index in [4.69, 9.17) is 0 Å². The lowest BCUT2D eigenvalue weighted by atomic mass is 9.81. The summed E-state index contributed by atoms with van der Waals surface area (Å²) in [7, 11) is 0. The normalized spacial score (nSPS) is 17.2. The lowest BCUT2D eigenvalue weighted by Crippen LogP contribution is -2.20. The van der Waals surface area contributed by atoms with E-state index in [2.05, 4.69) is 19.1 Å². The first-order valence-corrected chi connectivity index (χ1v) is 7.51. The number of carbonyl (C=O) groups is 1. The molecule has 0 unspecified atom stereocenters. The minimum atomic E-state index is 0.0854. The van der Waals surface area contributed by atoms with Crippen LogP contribution in [0.2, 0.25) is 0 Å². The number of allylic oxidation sites excluding steroid dienone is 1. The zero-order chi connectivity index (χ0) is 14.7. The Balaban J connectivity index is 2.36. The van der Waals surface area contributed by atoms with Gasteiger partial charge >= 0.3 is 0 Å². The number of aliphatic hydroxyl groups excluding tert-OH is 1. The molecule has 1 aliphatic rings. The Bertz CT molecular complexity index is 511. The van der Waals surface area contributed by atoms with Gasteiger partial charge in [0.15, 0.2) is 5.78 Å².